The van der Waals surface area contributed by atoms with E-state index in [1.54, 1.807) is 0 Å². The van der Waals surface area contributed by atoms with E-state index in [0.717, 1.165) is 5.57 Å². The molecule has 0 aliphatic rings. The second-order valence-electron chi connectivity index (χ2n) is 2.07. The van der Waals surface area contributed by atoms with Crippen LogP contribution in [0, 0.1) is 0 Å². The van der Waals surface area contributed by atoms with E-state index in [9.17, 15) is 0 Å². The van der Waals surface area contributed by atoms with Gasteiger partial charge in [-0.25, -0.2) is 9.97 Å². The van der Waals surface area contributed by atoms with Crippen LogP contribution in [0.1, 0.15) is 5.56 Å². The summed E-state index contributed by atoms with van der Waals surface area (Å²) in [7, 11) is 0. The van der Waals surface area contributed by atoms with Crippen molar-refractivity contribution in [3.8, 4) is 0 Å². The minimum absolute atomic E-state index is 0.333. The third kappa shape index (κ3) is 1.97. The van der Waals surface area contributed by atoms with E-state index in [2.05, 4.69) is 32.5 Å². The summed E-state index contributed by atoms with van der Waals surface area (Å²) in [6.07, 6.45) is 1.32. The summed E-state index contributed by atoms with van der Waals surface area (Å²) in [5.74, 6) is 0. The van der Waals surface area contributed by atoms with E-state index in [1.807, 2.05) is 0 Å². The van der Waals surface area contributed by atoms with Crippen LogP contribution in [0.4, 0.5) is 0 Å². The van der Waals surface area contributed by atoms with Crippen molar-refractivity contribution in [2.24, 2.45) is 0 Å². The van der Waals surface area contributed by atoms with Gasteiger partial charge in [0.15, 0.2) is 0 Å². The first-order chi connectivity index (χ1) is 5.66. The quantitative estimate of drug-likeness (QED) is 0.608. The Morgan fingerprint density at radius 1 is 1.42 bits per heavy atom. The molecule has 0 aliphatic heterocycles. The molecule has 0 fully saturated rings. The number of aromatic nitrogens is 2. The summed E-state index contributed by atoms with van der Waals surface area (Å²) < 4.78 is 0. The maximum atomic E-state index is 5.79. The van der Waals surface area contributed by atoms with Gasteiger partial charge in [-0.15, -0.1) is 0 Å². The monoisotopic (exact) mass is 266 g/mol. The molecular weight excluding hydrogens is 263 g/mol. The normalized spacial score (nSPS) is 9.92. The van der Waals surface area contributed by atoms with Crippen molar-refractivity contribution in [1.29, 1.82) is 0 Å². The maximum Gasteiger partial charge on any atom is 0.141 e. The smallest absolute Gasteiger partial charge is 0.141 e. The van der Waals surface area contributed by atoms with Crippen LogP contribution in [-0.2, 0) is 0 Å². The van der Waals surface area contributed by atoms with Crippen molar-refractivity contribution in [1.82, 2.24) is 9.97 Å². The van der Waals surface area contributed by atoms with Gasteiger partial charge in [0.1, 0.15) is 16.6 Å². The molecule has 0 saturated heterocycles. The molecule has 1 aromatic heterocycles. The Labute approximate surface area is 88.8 Å². The van der Waals surface area contributed by atoms with Gasteiger partial charge in [-0.05, 0) is 5.57 Å². The molecule has 2 nitrogen and oxygen atoms in total. The van der Waals surface area contributed by atoms with Crippen LogP contribution in [0.2, 0.25) is 10.3 Å². The first kappa shape index (κ1) is 9.96. The van der Waals surface area contributed by atoms with Crippen LogP contribution in [0.25, 0.3) is 5.57 Å². The van der Waals surface area contributed by atoms with Crippen molar-refractivity contribution in [3.63, 3.8) is 0 Å². The molecule has 0 N–H and O–H groups in total. The predicted molar refractivity (Wildman–Crippen MR) is 54.9 cm³/mol. The largest absolute Gasteiger partial charge is 0.224 e. The molecule has 0 spiro atoms. The summed E-state index contributed by atoms with van der Waals surface area (Å²) in [4.78, 5) is 7.59. The Morgan fingerprint density at radius 3 is 2.33 bits per heavy atom. The van der Waals surface area contributed by atoms with E-state index in [-0.39, 0.29) is 0 Å². The molecule has 1 rings (SSSR count). The third-order valence-corrected chi connectivity index (χ3v) is 2.52. The van der Waals surface area contributed by atoms with Gasteiger partial charge in [-0.1, -0.05) is 45.7 Å². The summed E-state index contributed by atoms with van der Waals surface area (Å²) >= 11 is 14.8. The van der Waals surface area contributed by atoms with Gasteiger partial charge >= 0.3 is 0 Å². The van der Waals surface area contributed by atoms with E-state index in [1.165, 1.54) is 6.33 Å². The Kier molecular flexibility index (Phi) is 3.50. The number of alkyl halides is 1. The fourth-order valence-electron chi connectivity index (χ4n) is 0.703. The number of hydrogen-bond acceptors (Lipinski definition) is 2. The van der Waals surface area contributed by atoms with Gasteiger partial charge in [0.05, 0.1) is 5.56 Å². The second kappa shape index (κ2) is 4.21. The number of halogens is 3. The van der Waals surface area contributed by atoms with E-state index in [4.69, 9.17) is 23.2 Å². The molecular formula is C7H5BrCl2N2. The molecule has 0 amide bonds. The average Bonchev–Trinajstić information content (AvgIpc) is 2.03. The topological polar surface area (TPSA) is 25.8 Å². The average molecular weight is 268 g/mol. The zero-order valence-electron chi connectivity index (χ0n) is 6.02. The maximum absolute atomic E-state index is 5.79. The van der Waals surface area contributed by atoms with Crippen LogP contribution >= 0.6 is 39.1 Å². The van der Waals surface area contributed by atoms with E-state index in [0.29, 0.717) is 21.2 Å². The zero-order valence-corrected chi connectivity index (χ0v) is 9.12. The third-order valence-electron chi connectivity index (χ3n) is 1.27. The van der Waals surface area contributed by atoms with Gasteiger partial charge in [0.2, 0.25) is 0 Å². The molecule has 0 atom stereocenters. The van der Waals surface area contributed by atoms with Gasteiger partial charge < -0.3 is 0 Å². The van der Waals surface area contributed by atoms with Gasteiger partial charge in [0, 0.05) is 5.33 Å². The lowest BCUT2D eigenvalue weighted by atomic mass is 10.2. The van der Waals surface area contributed by atoms with Crippen molar-refractivity contribution in [2.75, 3.05) is 5.33 Å². The summed E-state index contributed by atoms with van der Waals surface area (Å²) in [5, 5.41) is 1.26. The Bertz CT molecular complexity index is 294. The summed E-state index contributed by atoms with van der Waals surface area (Å²) in [6, 6.07) is 0. The van der Waals surface area contributed by atoms with Crippen molar-refractivity contribution >= 4 is 44.7 Å². The standard InChI is InChI=1S/C7H5BrCl2N2/c1-4(2-8)5-6(9)11-3-12-7(5)10/h3H,1-2H2. The van der Waals surface area contributed by atoms with Gasteiger partial charge in [0.25, 0.3) is 0 Å². The number of nitrogens with zero attached hydrogens (tertiary/aromatic N) is 2. The van der Waals surface area contributed by atoms with Crippen molar-refractivity contribution < 1.29 is 0 Å². The minimum atomic E-state index is 0.333. The summed E-state index contributed by atoms with van der Waals surface area (Å²) in [5.41, 5.74) is 1.38. The number of allylic oxidation sites excluding steroid dienone is 1. The molecule has 1 aromatic rings. The van der Waals surface area contributed by atoms with Gasteiger partial charge in [-0.2, -0.15) is 0 Å². The van der Waals surface area contributed by atoms with Crippen LogP contribution in [-0.4, -0.2) is 15.3 Å². The lowest BCUT2D eigenvalue weighted by Gasteiger charge is -2.04. The molecule has 0 unspecified atom stereocenters. The highest BCUT2D eigenvalue weighted by molar-refractivity contribution is 9.09. The van der Waals surface area contributed by atoms with Crippen LogP contribution < -0.4 is 0 Å². The highest BCUT2D eigenvalue weighted by Crippen LogP contribution is 2.27. The summed E-state index contributed by atoms with van der Waals surface area (Å²) in [6.45, 7) is 3.77. The number of hydrogen-bond donors (Lipinski definition) is 0. The molecule has 5 heteroatoms. The predicted octanol–water partition coefficient (Wildman–Crippen LogP) is 3.19. The lowest BCUT2D eigenvalue weighted by Crippen LogP contribution is -1.92. The molecule has 0 bridgehead atoms. The SMILES string of the molecule is C=C(CBr)c1c(Cl)ncnc1Cl. The first-order valence-corrected chi connectivity index (χ1v) is 4.94. The van der Waals surface area contributed by atoms with Crippen molar-refractivity contribution in [2.45, 2.75) is 0 Å². The molecule has 64 valence electrons. The second-order valence-corrected chi connectivity index (χ2v) is 3.34. The van der Waals surface area contributed by atoms with Gasteiger partial charge in [-0.3, -0.25) is 0 Å². The van der Waals surface area contributed by atoms with Crippen LogP contribution in [0.15, 0.2) is 12.9 Å². The highest BCUT2D eigenvalue weighted by Gasteiger charge is 2.09. The fraction of sp³-hybridized carbons (Fsp3) is 0.143. The number of rotatable bonds is 2. The molecule has 12 heavy (non-hydrogen) atoms. The molecule has 0 saturated carbocycles. The molecule has 0 aliphatic carbocycles. The minimum Gasteiger partial charge on any atom is -0.224 e. The van der Waals surface area contributed by atoms with Crippen LogP contribution in [0.5, 0.6) is 0 Å². The Hall–Kier alpha value is -0.120. The molecule has 0 radical (unpaired) electrons. The molecule has 1 heterocycles. The first-order valence-electron chi connectivity index (χ1n) is 3.07. The van der Waals surface area contributed by atoms with Crippen LogP contribution in [0.3, 0.4) is 0 Å². The Balaban J connectivity index is 3.21. The Morgan fingerprint density at radius 2 is 1.92 bits per heavy atom. The van der Waals surface area contributed by atoms with E-state index < -0.39 is 0 Å². The fourth-order valence-corrected chi connectivity index (χ4v) is 1.57. The van der Waals surface area contributed by atoms with E-state index >= 15 is 0 Å². The molecule has 0 aromatic carbocycles. The lowest BCUT2D eigenvalue weighted by molar-refractivity contribution is 1.15. The van der Waals surface area contributed by atoms with Crippen molar-refractivity contribution in [3.05, 3.63) is 28.8 Å². The highest BCUT2D eigenvalue weighted by atomic mass is 79.9. The zero-order chi connectivity index (χ0) is 9.14.